The Hall–Kier alpha value is -1.00. The van der Waals surface area contributed by atoms with Crippen molar-refractivity contribution in [1.82, 2.24) is 0 Å². The molecule has 0 aromatic heterocycles. The topological polar surface area (TPSA) is 0 Å². The van der Waals surface area contributed by atoms with Gasteiger partial charge in [0.15, 0.2) is 0 Å². The molecule has 0 fully saturated rings. The van der Waals surface area contributed by atoms with E-state index in [4.69, 9.17) is 0 Å². The van der Waals surface area contributed by atoms with E-state index in [2.05, 4.69) is 32.7 Å². The lowest BCUT2D eigenvalue weighted by Gasteiger charge is -2.02. The number of hydrogen-bond acceptors (Lipinski definition) is 0. The molecule has 0 spiro atoms. The molecular formula is C12H18. The van der Waals surface area contributed by atoms with Crippen molar-refractivity contribution in [1.29, 1.82) is 0 Å². The highest BCUT2D eigenvalue weighted by Crippen LogP contribution is 2.14. The quantitative estimate of drug-likeness (QED) is 0.423. The largest absolute Gasteiger partial charge is 0.128 e. The minimum absolute atomic E-state index is 1.11. The Morgan fingerprint density at radius 1 is 1.50 bits per heavy atom. The summed E-state index contributed by atoms with van der Waals surface area (Å²) >= 11 is 0. The highest BCUT2D eigenvalue weighted by Gasteiger charge is 1.94. The summed E-state index contributed by atoms with van der Waals surface area (Å²) in [4.78, 5) is 0. The summed E-state index contributed by atoms with van der Waals surface area (Å²) in [7, 11) is 0. The molecule has 0 aromatic carbocycles. The van der Waals surface area contributed by atoms with Crippen LogP contribution in [-0.4, -0.2) is 0 Å². The predicted molar refractivity (Wildman–Crippen MR) is 56.1 cm³/mol. The van der Waals surface area contributed by atoms with Crippen LogP contribution < -0.4 is 0 Å². The van der Waals surface area contributed by atoms with Gasteiger partial charge >= 0.3 is 0 Å². The fraction of sp³-hybridized carbons (Fsp3) is 0.417. The molecule has 0 rings (SSSR count). The van der Waals surface area contributed by atoms with Gasteiger partial charge in [0.1, 0.15) is 0 Å². The number of rotatable bonds is 5. The Labute approximate surface area is 76.0 Å². The SMILES string of the molecule is C=C=C/C(CCCC)=C(/C)C=C. The second-order valence-electron chi connectivity index (χ2n) is 2.86. The molecule has 0 amide bonds. The van der Waals surface area contributed by atoms with Crippen LogP contribution in [0.3, 0.4) is 0 Å². The molecule has 0 bridgehead atoms. The molecule has 0 heterocycles. The maximum absolute atomic E-state index is 3.75. The van der Waals surface area contributed by atoms with Crippen LogP contribution in [0.5, 0.6) is 0 Å². The Kier molecular flexibility index (Phi) is 6.14. The summed E-state index contributed by atoms with van der Waals surface area (Å²) in [6.45, 7) is 11.6. The molecule has 12 heavy (non-hydrogen) atoms. The van der Waals surface area contributed by atoms with Crippen LogP contribution in [0.1, 0.15) is 33.1 Å². The molecule has 0 radical (unpaired) electrons. The highest BCUT2D eigenvalue weighted by atomic mass is 14.0. The molecule has 66 valence electrons. The second-order valence-corrected chi connectivity index (χ2v) is 2.86. The first-order chi connectivity index (χ1) is 5.76. The standard InChI is InChI=1S/C12H18/c1-5-8-10-12(9-6-2)11(4)7-3/h7,9H,2-3,5,8,10H2,1,4H3/b12-11+. The first-order valence-electron chi connectivity index (χ1n) is 4.44. The summed E-state index contributed by atoms with van der Waals surface area (Å²) in [5, 5.41) is 0. The Morgan fingerprint density at radius 3 is 2.58 bits per heavy atom. The molecule has 0 atom stereocenters. The van der Waals surface area contributed by atoms with Gasteiger partial charge in [0.2, 0.25) is 0 Å². The molecule has 0 aromatic rings. The van der Waals surface area contributed by atoms with Gasteiger partial charge in [0.25, 0.3) is 0 Å². The Balaban J connectivity index is 4.42. The van der Waals surface area contributed by atoms with Crippen LogP contribution in [-0.2, 0) is 0 Å². The van der Waals surface area contributed by atoms with Crippen molar-refractivity contribution in [3.63, 3.8) is 0 Å². The number of unbranched alkanes of at least 4 members (excludes halogenated alkanes) is 1. The van der Waals surface area contributed by atoms with Crippen LogP contribution in [0.2, 0.25) is 0 Å². The van der Waals surface area contributed by atoms with Gasteiger partial charge < -0.3 is 0 Å². The molecule has 0 saturated carbocycles. The third kappa shape index (κ3) is 4.00. The van der Waals surface area contributed by atoms with Crippen LogP contribution in [0, 0.1) is 0 Å². The molecule has 0 heteroatoms. The van der Waals surface area contributed by atoms with Gasteiger partial charge in [-0.25, -0.2) is 0 Å². The normalized spacial score (nSPS) is 11.5. The summed E-state index contributed by atoms with van der Waals surface area (Å²) in [6, 6.07) is 0. The molecule has 0 saturated heterocycles. The molecule has 0 unspecified atom stereocenters. The molecule has 0 aliphatic rings. The zero-order valence-corrected chi connectivity index (χ0v) is 8.19. The van der Waals surface area contributed by atoms with Crippen molar-refractivity contribution >= 4 is 0 Å². The van der Waals surface area contributed by atoms with E-state index in [1.165, 1.54) is 24.0 Å². The monoisotopic (exact) mass is 162 g/mol. The first-order valence-corrected chi connectivity index (χ1v) is 4.44. The van der Waals surface area contributed by atoms with E-state index >= 15 is 0 Å². The summed E-state index contributed by atoms with van der Waals surface area (Å²) in [5.74, 6) is 0. The van der Waals surface area contributed by atoms with Gasteiger partial charge in [-0.1, -0.05) is 32.6 Å². The van der Waals surface area contributed by atoms with Gasteiger partial charge in [-0.2, -0.15) is 0 Å². The number of hydrogen-bond donors (Lipinski definition) is 0. The lowest BCUT2D eigenvalue weighted by atomic mass is 10.0. The van der Waals surface area contributed by atoms with Gasteiger partial charge in [-0.15, -0.1) is 5.73 Å². The fourth-order valence-electron chi connectivity index (χ4n) is 1.00. The third-order valence-electron chi connectivity index (χ3n) is 1.89. The minimum atomic E-state index is 1.11. The van der Waals surface area contributed by atoms with Gasteiger partial charge in [-0.05, 0) is 37.0 Å². The van der Waals surface area contributed by atoms with Crippen molar-refractivity contribution < 1.29 is 0 Å². The van der Waals surface area contributed by atoms with Crippen LogP contribution in [0.4, 0.5) is 0 Å². The lowest BCUT2D eigenvalue weighted by molar-refractivity contribution is 0.794. The highest BCUT2D eigenvalue weighted by molar-refractivity contribution is 5.30. The molecule has 0 nitrogen and oxygen atoms in total. The summed E-state index contributed by atoms with van der Waals surface area (Å²) in [5.41, 5.74) is 5.35. The van der Waals surface area contributed by atoms with Crippen molar-refractivity contribution in [2.75, 3.05) is 0 Å². The zero-order valence-electron chi connectivity index (χ0n) is 8.19. The van der Waals surface area contributed by atoms with Gasteiger partial charge in [0.05, 0.1) is 0 Å². The molecule has 0 aliphatic heterocycles. The molecular weight excluding hydrogens is 144 g/mol. The van der Waals surface area contributed by atoms with Gasteiger partial charge in [0, 0.05) is 0 Å². The van der Waals surface area contributed by atoms with Crippen molar-refractivity contribution in [2.24, 2.45) is 0 Å². The Morgan fingerprint density at radius 2 is 2.17 bits per heavy atom. The van der Waals surface area contributed by atoms with E-state index in [0.717, 1.165) is 6.42 Å². The van der Waals surface area contributed by atoms with Crippen LogP contribution >= 0.6 is 0 Å². The van der Waals surface area contributed by atoms with Crippen molar-refractivity contribution in [2.45, 2.75) is 33.1 Å². The predicted octanol–water partition coefficient (Wildman–Crippen LogP) is 4.02. The van der Waals surface area contributed by atoms with E-state index in [-0.39, 0.29) is 0 Å². The van der Waals surface area contributed by atoms with E-state index in [1.54, 1.807) is 0 Å². The van der Waals surface area contributed by atoms with Crippen molar-refractivity contribution in [3.8, 4) is 0 Å². The average Bonchev–Trinajstić information content (AvgIpc) is 2.11. The summed E-state index contributed by atoms with van der Waals surface area (Å²) in [6.07, 6.45) is 7.39. The maximum Gasteiger partial charge on any atom is -0.0171 e. The van der Waals surface area contributed by atoms with Gasteiger partial charge in [-0.3, -0.25) is 0 Å². The minimum Gasteiger partial charge on any atom is -0.128 e. The first kappa shape index (κ1) is 11.0. The molecule has 0 N–H and O–H groups in total. The maximum atomic E-state index is 3.75. The van der Waals surface area contributed by atoms with Crippen molar-refractivity contribution in [3.05, 3.63) is 42.2 Å². The van der Waals surface area contributed by atoms with E-state index in [1.807, 2.05) is 12.2 Å². The zero-order chi connectivity index (χ0) is 9.40. The Bertz CT molecular complexity index is 212. The smallest absolute Gasteiger partial charge is 0.0171 e. The third-order valence-corrected chi connectivity index (χ3v) is 1.89. The second kappa shape index (κ2) is 6.69. The lowest BCUT2D eigenvalue weighted by Crippen LogP contribution is -1.83. The summed E-state index contributed by atoms with van der Waals surface area (Å²) < 4.78 is 0. The van der Waals surface area contributed by atoms with E-state index in [0.29, 0.717) is 0 Å². The fourth-order valence-corrected chi connectivity index (χ4v) is 1.00. The van der Waals surface area contributed by atoms with Crippen LogP contribution in [0.25, 0.3) is 0 Å². The average molecular weight is 162 g/mol. The van der Waals surface area contributed by atoms with Crippen LogP contribution in [0.15, 0.2) is 42.2 Å². The van der Waals surface area contributed by atoms with E-state index in [9.17, 15) is 0 Å². The molecule has 0 aliphatic carbocycles. The van der Waals surface area contributed by atoms with E-state index < -0.39 is 0 Å². The number of allylic oxidation sites excluding steroid dienone is 4.